The normalized spacial score (nSPS) is 12.3. The highest BCUT2D eigenvalue weighted by Crippen LogP contribution is 2.27. The van der Waals surface area contributed by atoms with E-state index >= 15 is 0 Å². The molecule has 0 spiro atoms. The molecule has 21 heavy (non-hydrogen) atoms. The Kier molecular flexibility index (Phi) is 4.98. The number of imidazole rings is 1. The molecule has 0 radical (unpaired) electrons. The van der Waals surface area contributed by atoms with Crippen molar-refractivity contribution in [3.05, 3.63) is 47.4 Å². The lowest BCUT2D eigenvalue weighted by Gasteiger charge is -2.10. The van der Waals surface area contributed by atoms with Crippen LogP contribution >= 0.6 is 23.7 Å². The summed E-state index contributed by atoms with van der Waals surface area (Å²) in [7, 11) is 0. The molecular weight excluding hydrogens is 309 g/mol. The monoisotopic (exact) mass is 325 g/mol. The third kappa shape index (κ3) is 3.10. The number of thiazole rings is 1. The first-order chi connectivity index (χ1) is 9.69. The van der Waals surface area contributed by atoms with Crippen molar-refractivity contribution in [1.82, 2.24) is 9.38 Å². The molecule has 3 aromatic rings. The Bertz CT molecular complexity index is 720. The van der Waals surface area contributed by atoms with Gasteiger partial charge in [-0.1, -0.05) is 6.92 Å². The first kappa shape index (κ1) is 15.9. The van der Waals surface area contributed by atoms with Gasteiger partial charge in [0.25, 0.3) is 0 Å². The summed E-state index contributed by atoms with van der Waals surface area (Å²) in [6.45, 7) is 2.08. The zero-order valence-corrected chi connectivity index (χ0v) is 13.3. The summed E-state index contributed by atoms with van der Waals surface area (Å²) >= 11 is 1.59. The van der Waals surface area contributed by atoms with E-state index in [1.807, 2.05) is 11.6 Å². The van der Waals surface area contributed by atoms with Crippen LogP contribution in [0.25, 0.3) is 16.2 Å². The van der Waals surface area contributed by atoms with Gasteiger partial charge >= 0.3 is 0 Å². The zero-order valence-electron chi connectivity index (χ0n) is 11.6. The number of benzene rings is 1. The van der Waals surface area contributed by atoms with Gasteiger partial charge in [0.1, 0.15) is 5.82 Å². The van der Waals surface area contributed by atoms with Crippen LogP contribution in [0.3, 0.4) is 0 Å². The molecule has 0 amide bonds. The van der Waals surface area contributed by atoms with Gasteiger partial charge in [-0.25, -0.2) is 9.37 Å². The average molecular weight is 326 g/mol. The second-order valence-electron chi connectivity index (χ2n) is 4.84. The van der Waals surface area contributed by atoms with Gasteiger partial charge in [0.05, 0.1) is 11.4 Å². The van der Waals surface area contributed by atoms with Crippen molar-refractivity contribution < 1.29 is 4.39 Å². The molecule has 0 fully saturated rings. The lowest BCUT2D eigenvalue weighted by molar-refractivity contribution is 0.627. The molecule has 2 aromatic heterocycles. The number of aromatic nitrogens is 2. The first-order valence-electron chi connectivity index (χ1n) is 6.65. The van der Waals surface area contributed by atoms with E-state index in [-0.39, 0.29) is 24.3 Å². The molecule has 0 saturated heterocycles. The van der Waals surface area contributed by atoms with E-state index < -0.39 is 0 Å². The average Bonchev–Trinajstić information content (AvgIpc) is 3.02. The zero-order chi connectivity index (χ0) is 14.1. The molecular formula is C15H17ClFN3S. The van der Waals surface area contributed by atoms with Crippen molar-refractivity contribution in [3.63, 3.8) is 0 Å². The summed E-state index contributed by atoms with van der Waals surface area (Å²) in [5, 5.41) is 2.01. The van der Waals surface area contributed by atoms with Crippen LogP contribution in [0.15, 0.2) is 35.8 Å². The van der Waals surface area contributed by atoms with E-state index in [9.17, 15) is 4.39 Å². The molecule has 0 aliphatic heterocycles. The molecule has 6 heteroatoms. The summed E-state index contributed by atoms with van der Waals surface area (Å²) in [6.07, 6.45) is 3.69. The van der Waals surface area contributed by atoms with Gasteiger partial charge in [-0.2, -0.15) is 0 Å². The molecule has 3 rings (SSSR count). The Hall–Kier alpha value is -1.43. The maximum Gasteiger partial charge on any atom is 0.194 e. The predicted molar refractivity (Wildman–Crippen MR) is 87.7 cm³/mol. The van der Waals surface area contributed by atoms with Crippen LogP contribution in [0.1, 0.15) is 19.0 Å². The number of halogens is 2. The molecule has 3 nitrogen and oxygen atoms in total. The van der Waals surface area contributed by atoms with Crippen LogP contribution in [0.2, 0.25) is 0 Å². The maximum absolute atomic E-state index is 13.1. The van der Waals surface area contributed by atoms with Gasteiger partial charge < -0.3 is 5.73 Å². The second-order valence-corrected chi connectivity index (χ2v) is 5.72. The Morgan fingerprint density at radius 2 is 2.05 bits per heavy atom. The van der Waals surface area contributed by atoms with Gasteiger partial charge in [0.15, 0.2) is 4.96 Å². The van der Waals surface area contributed by atoms with Gasteiger partial charge in [-0.05, 0) is 30.7 Å². The smallest absolute Gasteiger partial charge is 0.194 e. The Labute approximate surface area is 133 Å². The summed E-state index contributed by atoms with van der Waals surface area (Å²) in [5.74, 6) is -0.235. The highest BCUT2D eigenvalue weighted by Gasteiger charge is 2.16. The molecule has 112 valence electrons. The standard InChI is InChI=1S/C15H16FN3S.ClH/c1-2-12(17)9-13-14(10-3-5-11(16)6-4-10)18-15-19(13)7-8-20-15;/h3-8,12H,2,9,17H2,1H3;1H. The minimum atomic E-state index is -0.235. The second kappa shape index (κ2) is 6.56. The SMILES string of the molecule is CCC(N)Cc1c(-c2ccc(F)cc2)nc2sccn12.Cl. The van der Waals surface area contributed by atoms with Crippen molar-refractivity contribution >= 4 is 28.7 Å². The molecule has 0 bridgehead atoms. The third-order valence-corrected chi connectivity index (χ3v) is 4.22. The molecule has 1 unspecified atom stereocenters. The largest absolute Gasteiger partial charge is 0.327 e. The van der Waals surface area contributed by atoms with Gasteiger partial charge in [-0.3, -0.25) is 4.40 Å². The van der Waals surface area contributed by atoms with Crippen molar-refractivity contribution in [1.29, 1.82) is 0 Å². The van der Waals surface area contributed by atoms with Gasteiger partial charge in [-0.15, -0.1) is 23.7 Å². The topological polar surface area (TPSA) is 43.3 Å². The highest BCUT2D eigenvalue weighted by atomic mass is 35.5. The fourth-order valence-electron chi connectivity index (χ4n) is 2.26. The lowest BCUT2D eigenvalue weighted by atomic mass is 10.0. The molecule has 0 saturated carbocycles. The summed E-state index contributed by atoms with van der Waals surface area (Å²) < 4.78 is 15.2. The van der Waals surface area contributed by atoms with Crippen LogP contribution in [-0.4, -0.2) is 15.4 Å². The number of hydrogen-bond acceptors (Lipinski definition) is 3. The number of rotatable bonds is 4. The van der Waals surface area contributed by atoms with Crippen molar-refractivity contribution in [3.8, 4) is 11.3 Å². The van der Waals surface area contributed by atoms with Gasteiger partial charge in [0, 0.05) is 29.6 Å². The highest BCUT2D eigenvalue weighted by molar-refractivity contribution is 7.15. The fraction of sp³-hybridized carbons (Fsp3) is 0.267. The minimum absolute atomic E-state index is 0. The Morgan fingerprint density at radius 1 is 1.33 bits per heavy atom. The van der Waals surface area contributed by atoms with E-state index in [2.05, 4.69) is 16.3 Å². The first-order valence-corrected chi connectivity index (χ1v) is 7.53. The van der Waals surface area contributed by atoms with Gasteiger partial charge in [0.2, 0.25) is 0 Å². The predicted octanol–water partition coefficient (Wildman–Crippen LogP) is 3.90. The number of nitrogens with two attached hydrogens (primary N) is 1. The quantitative estimate of drug-likeness (QED) is 0.790. The Morgan fingerprint density at radius 3 is 2.71 bits per heavy atom. The Balaban J connectivity index is 0.00000161. The molecule has 0 aliphatic carbocycles. The van der Waals surface area contributed by atoms with Crippen LogP contribution in [0.4, 0.5) is 4.39 Å². The van der Waals surface area contributed by atoms with E-state index in [1.54, 1.807) is 23.5 Å². The summed E-state index contributed by atoms with van der Waals surface area (Å²) in [4.78, 5) is 5.61. The summed E-state index contributed by atoms with van der Waals surface area (Å²) in [5.41, 5.74) is 9.03. The summed E-state index contributed by atoms with van der Waals surface area (Å²) in [6, 6.07) is 6.57. The van der Waals surface area contributed by atoms with Crippen molar-refractivity contribution in [2.24, 2.45) is 5.73 Å². The van der Waals surface area contributed by atoms with Crippen molar-refractivity contribution in [2.75, 3.05) is 0 Å². The molecule has 0 aliphatic rings. The number of hydrogen-bond donors (Lipinski definition) is 1. The molecule has 1 atom stereocenters. The van der Waals surface area contributed by atoms with Crippen molar-refractivity contribution in [2.45, 2.75) is 25.8 Å². The molecule has 2 heterocycles. The van der Waals surface area contributed by atoms with E-state index in [1.165, 1.54) is 12.1 Å². The number of fused-ring (bicyclic) bond motifs is 1. The third-order valence-electron chi connectivity index (χ3n) is 3.46. The van der Waals surface area contributed by atoms with Crippen LogP contribution < -0.4 is 5.73 Å². The van der Waals surface area contributed by atoms with Crippen LogP contribution in [-0.2, 0) is 6.42 Å². The lowest BCUT2D eigenvalue weighted by Crippen LogP contribution is -2.22. The van der Waals surface area contributed by atoms with E-state index in [4.69, 9.17) is 5.73 Å². The van der Waals surface area contributed by atoms with Crippen LogP contribution in [0.5, 0.6) is 0 Å². The fourth-order valence-corrected chi connectivity index (χ4v) is 2.99. The molecule has 1 aromatic carbocycles. The molecule has 2 N–H and O–H groups in total. The minimum Gasteiger partial charge on any atom is -0.327 e. The van der Waals surface area contributed by atoms with E-state index in [0.29, 0.717) is 0 Å². The maximum atomic E-state index is 13.1. The van der Waals surface area contributed by atoms with E-state index in [0.717, 1.165) is 34.8 Å². The van der Waals surface area contributed by atoms with Crippen LogP contribution in [0, 0.1) is 5.82 Å². The number of nitrogens with zero attached hydrogens (tertiary/aromatic N) is 2.